The largest absolute Gasteiger partial charge is 0.490 e. The summed E-state index contributed by atoms with van der Waals surface area (Å²) in [5.74, 6) is 3.70. The summed E-state index contributed by atoms with van der Waals surface area (Å²) in [4.78, 5) is 0. The zero-order valence-corrected chi connectivity index (χ0v) is 9.19. The first kappa shape index (κ1) is 11.9. The first-order chi connectivity index (χ1) is 7.81. The van der Waals surface area contributed by atoms with Crippen LogP contribution in [0.3, 0.4) is 0 Å². The maximum atomic E-state index is 8.76. The summed E-state index contributed by atoms with van der Waals surface area (Å²) in [5.41, 5.74) is 0.549. The second-order valence-electron chi connectivity index (χ2n) is 3.01. The quantitative estimate of drug-likeness (QED) is 0.559. The number of benzene rings is 1. The lowest BCUT2D eigenvalue weighted by molar-refractivity contribution is 0.282. The van der Waals surface area contributed by atoms with E-state index in [-0.39, 0.29) is 0 Å². The number of hydrogen-bond acceptors (Lipinski definition) is 3. The average Bonchev–Trinajstić information content (AvgIpc) is 2.31. The van der Waals surface area contributed by atoms with Gasteiger partial charge in [-0.25, -0.2) is 0 Å². The fourth-order valence-electron chi connectivity index (χ4n) is 1.19. The van der Waals surface area contributed by atoms with E-state index in [2.05, 4.69) is 12.0 Å². The highest BCUT2D eigenvalue weighted by molar-refractivity contribution is 5.46. The second-order valence-corrected chi connectivity index (χ2v) is 3.01. The molecule has 0 aliphatic carbocycles. The van der Waals surface area contributed by atoms with Gasteiger partial charge in [-0.1, -0.05) is 0 Å². The molecule has 0 unspecified atom stereocenters. The van der Waals surface area contributed by atoms with Crippen molar-refractivity contribution in [1.29, 1.82) is 5.26 Å². The van der Waals surface area contributed by atoms with Gasteiger partial charge in [0.2, 0.25) is 0 Å². The van der Waals surface area contributed by atoms with Crippen molar-refractivity contribution in [3.63, 3.8) is 0 Å². The minimum Gasteiger partial charge on any atom is -0.490 e. The molecular formula is C13H13NO2. The zero-order valence-electron chi connectivity index (χ0n) is 9.19. The van der Waals surface area contributed by atoms with Gasteiger partial charge in [0.1, 0.15) is 0 Å². The molecule has 0 amide bonds. The molecule has 1 rings (SSSR count). The summed E-state index contributed by atoms with van der Waals surface area (Å²) in [6.45, 7) is 2.85. The van der Waals surface area contributed by atoms with Crippen LogP contribution in [0.25, 0.3) is 0 Å². The Balaban J connectivity index is 2.82. The normalized spacial score (nSPS) is 8.94. The molecule has 0 heterocycles. The molecule has 0 radical (unpaired) electrons. The van der Waals surface area contributed by atoms with Gasteiger partial charge in [-0.15, -0.1) is 12.3 Å². The standard InChI is InChI=1S/C13H13NO2/c1-3-5-8-16-12-7-6-11(10-14)9-13(12)15-4-2/h1,6-7,9H,4-5,8H2,2H3. The summed E-state index contributed by atoms with van der Waals surface area (Å²) in [6.07, 6.45) is 5.68. The van der Waals surface area contributed by atoms with Crippen molar-refractivity contribution < 1.29 is 9.47 Å². The van der Waals surface area contributed by atoms with Crippen molar-refractivity contribution in [2.75, 3.05) is 13.2 Å². The molecule has 0 bridgehead atoms. The number of nitriles is 1. The monoisotopic (exact) mass is 215 g/mol. The Hall–Kier alpha value is -2.13. The highest BCUT2D eigenvalue weighted by atomic mass is 16.5. The van der Waals surface area contributed by atoms with E-state index in [1.165, 1.54) is 0 Å². The lowest BCUT2D eigenvalue weighted by Gasteiger charge is -2.10. The molecule has 82 valence electrons. The third-order valence-electron chi connectivity index (χ3n) is 1.88. The van der Waals surface area contributed by atoms with Gasteiger partial charge in [0.05, 0.1) is 24.8 Å². The van der Waals surface area contributed by atoms with Gasteiger partial charge in [0.15, 0.2) is 11.5 Å². The molecule has 0 atom stereocenters. The van der Waals surface area contributed by atoms with E-state index in [1.807, 2.05) is 6.92 Å². The Bertz CT molecular complexity index is 427. The number of ether oxygens (including phenoxy) is 2. The maximum absolute atomic E-state index is 8.76. The average molecular weight is 215 g/mol. The molecule has 0 spiro atoms. The summed E-state index contributed by atoms with van der Waals surface area (Å²) in [7, 11) is 0. The van der Waals surface area contributed by atoms with Gasteiger partial charge in [0.25, 0.3) is 0 Å². The molecule has 0 saturated carbocycles. The molecule has 3 nitrogen and oxygen atoms in total. The van der Waals surface area contributed by atoms with Crippen LogP contribution in [0.15, 0.2) is 18.2 Å². The van der Waals surface area contributed by atoms with E-state index in [1.54, 1.807) is 18.2 Å². The molecule has 0 fully saturated rings. The fraction of sp³-hybridized carbons (Fsp3) is 0.308. The first-order valence-corrected chi connectivity index (χ1v) is 5.05. The van der Waals surface area contributed by atoms with Crippen molar-refractivity contribution in [1.82, 2.24) is 0 Å². The van der Waals surface area contributed by atoms with E-state index >= 15 is 0 Å². The summed E-state index contributed by atoms with van der Waals surface area (Å²) in [6, 6.07) is 7.12. The summed E-state index contributed by atoms with van der Waals surface area (Å²) >= 11 is 0. The van der Waals surface area contributed by atoms with Gasteiger partial charge in [-0.05, 0) is 19.1 Å². The van der Waals surface area contributed by atoms with Crippen LogP contribution in [-0.2, 0) is 0 Å². The Morgan fingerprint density at radius 1 is 1.31 bits per heavy atom. The van der Waals surface area contributed by atoms with Gasteiger partial charge in [0, 0.05) is 12.5 Å². The molecule has 0 aromatic heterocycles. The van der Waals surface area contributed by atoms with E-state index in [9.17, 15) is 0 Å². The third-order valence-corrected chi connectivity index (χ3v) is 1.88. The van der Waals surface area contributed by atoms with Crippen molar-refractivity contribution in [2.45, 2.75) is 13.3 Å². The number of terminal acetylenes is 1. The van der Waals surface area contributed by atoms with Crippen LogP contribution in [-0.4, -0.2) is 13.2 Å². The third kappa shape index (κ3) is 3.22. The van der Waals surface area contributed by atoms with Crippen LogP contribution < -0.4 is 9.47 Å². The van der Waals surface area contributed by atoms with E-state index < -0.39 is 0 Å². The fourth-order valence-corrected chi connectivity index (χ4v) is 1.19. The second kappa shape index (κ2) is 6.37. The number of nitrogens with zero attached hydrogens (tertiary/aromatic N) is 1. The Kier molecular flexibility index (Phi) is 4.76. The van der Waals surface area contributed by atoms with Crippen LogP contribution in [0.4, 0.5) is 0 Å². The van der Waals surface area contributed by atoms with Gasteiger partial charge >= 0.3 is 0 Å². The van der Waals surface area contributed by atoms with Crippen LogP contribution in [0.2, 0.25) is 0 Å². The SMILES string of the molecule is C#CCCOc1ccc(C#N)cc1OCC. The molecule has 0 aliphatic heterocycles. The zero-order chi connectivity index (χ0) is 11.8. The Morgan fingerprint density at radius 2 is 2.12 bits per heavy atom. The number of hydrogen-bond donors (Lipinski definition) is 0. The lowest BCUT2D eigenvalue weighted by atomic mass is 10.2. The number of rotatable bonds is 5. The molecule has 16 heavy (non-hydrogen) atoms. The molecule has 0 aliphatic rings. The van der Waals surface area contributed by atoms with Crippen LogP contribution in [0.5, 0.6) is 11.5 Å². The maximum Gasteiger partial charge on any atom is 0.162 e. The van der Waals surface area contributed by atoms with Crippen molar-refractivity contribution in [3.05, 3.63) is 23.8 Å². The Morgan fingerprint density at radius 3 is 2.75 bits per heavy atom. The summed E-state index contributed by atoms with van der Waals surface area (Å²) in [5, 5.41) is 8.76. The summed E-state index contributed by atoms with van der Waals surface area (Å²) < 4.78 is 10.8. The van der Waals surface area contributed by atoms with Crippen molar-refractivity contribution in [3.8, 4) is 29.9 Å². The van der Waals surface area contributed by atoms with Crippen molar-refractivity contribution in [2.24, 2.45) is 0 Å². The molecule has 3 heteroatoms. The highest BCUT2D eigenvalue weighted by Gasteiger charge is 2.05. The van der Waals surface area contributed by atoms with Gasteiger partial charge < -0.3 is 9.47 Å². The van der Waals surface area contributed by atoms with E-state index in [0.717, 1.165) is 0 Å². The predicted octanol–water partition coefficient (Wildman–Crippen LogP) is 2.36. The minimum atomic E-state index is 0.447. The lowest BCUT2D eigenvalue weighted by Crippen LogP contribution is -2.00. The van der Waals surface area contributed by atoms with E-state index in [0.29, 0.717) is 36.7 Å². The van der Waals surface area contributed by atoms with Crippen molar-refractivity contribution >= 4 is 0 Å². The van der Waals surface area contributed by atoms with Crippen LogP contribution in [0, 0.1) is 23.7 Å². The highest BCUT2D eigenvalue weighted by Crippen LogP contribution is 2.28. The molecule has 1 aromatic rings. The molecule has 0 saturated heterocycles. The van der Waals surface area contributed by atoms with Gasteiger partial charge in [-0.2, -0.15) is 5.26 Å². The van der Waals surface area contributed by atoms with Crippen LogP contribution >= 0.6 is 0 Å². The molecule has 1 aromatic carbocycles. The first-order valence-electron chi connectivity index (χ1n) is 5.05. The minimum absolute atomic E-state index is 0.447. The van der Waals surface area contributed by atoms with E-state index in [4.69, 9.17) is 21.2 Å². The smallest absolute Gasteiger partial charge is 0.162 e. The topological polar surface area (TPSA) is 42.2 Å². The van der Waals surface area contributed by atoms with Crippen LogP contribution in [0.1, 0.15) is 18.9 Å². The molecular weight excluding hydrogens is 202 g/mol. The predicted molar refractivity (Wildman–Crippen MR) is 61.3 cm³/mol. The molecule has 0 N–H and O–H groups in total. The van der Waals surface area contributed by atoms with Gasteiger partial charge in [-0.3, -0.25) is 0 Å². The Labute approximate surface area is 95.6 Å².